The monoisotopic (exact) mass is 229 g/mol. The predicted octanol–water partition coefficient (Wildman–Crippen LogP) is 1.33. The summed E-state index contributed by atoms with van der Waals surface area (Å²) in [6.07, 6.45) is 4.62. The van der Waals surface area contributed by atoms with Gasteiger partial charge in [0.25, 0.3) is 0 Å². The Bertz CT molecular complexity index is 228. The lowest BCUT2D eigenvalue weighted by Crippen LogP contribution is -2.41. The lowest BCUT2D eigenvalue weighted by Gasteiger charge is -2.33. The van der Waals surface area contributed by atoms with Crippen LogP contribution in [0.1, 0.15) is 39.5 Å². The van der Waals surface area contributed by atoms with Crippen molar-refractivity contribution in [1.29, 1.82) is 0 Å². The first-order valence-corrected chi connectivity index (χ1v) is 6.04. The van der Waals surface area contributed by atoms with Gasteiger partial charge in [-0.1, -0.05) is 13.8 Å². The number of fused-ring (bicyclic) bond motifs is 2. The quantitative estimate of drug-likeness (QED) is 0.712. The van der Waals surface area contributed by atoms with Crippen LogP contribution in [0.4, 0.5) is 0 Å². The van der Waals surface area contributed by atoms with Crippen LogP contribution in [0, 0.1) is 5.92 Å². The third kappa shape index (κ3) is 3.46. The lowest BCUT2D eigenvalue weighted by molar-refractivity contribution is -0.140. The Kier molecular flexibility index (Phi) is 4.74. The van der Waals surface area contributed by atoms with Gasteiger partial charge in [0.1, 0.15) is 0 Å². The molecule has 0 radical (unpaired) electrons. The Morgan fingerprint density at radius 2 is 1.62 bits per heavy atom. The average Bonchev–Trinajstić information content (AvgIpc) is 2.44. The molecule has 2 aliphatic rings. The van der Waals surface area contributed by atoms with E-state index >= 15 is 0 Å². The molecule has 0 saturated carbocycles. The minimum atomic E-state index is -0.741. The highest BCUT2D eigenvalue weighted by Gasteiger charge is 2.37. The topological polar surface area (TPSA) is 60.8 Å². The molecule has 2 rings (SSSR count). The summed E-state index contributed by atoms with van der Waals surface area (Å²) in [6, 6.07) is 1.38. The van der Waals surface area contributed by atoms with Gasteiger partial charge in [-0.15, -0.1) is 0 Å². The van der Waals surface area contributed by atoms with E-state index in [4.69, 9.17) is 5.11 Å². The third-order valence-corrected chi connectivity index (χ3v) is 3.57. The van der Waals surface area contributed by atoms with Crippen molar-refractivity contribution in [3.63, 3.8) is 0 Å². The van der Waals surface area contributed by atoms with E-state index in [0.717, 1.165) is 12.8 Å². The largest absolute Gasteiger partial charge is 0.481 e. The number of carboxylic acid groups (broad SMARTS) is 1. The number of hydrogen-bond acceptors (Lipinski definition) is 3. The fourth-order valence-corrected chi connectivity index (χ4v) is 2.38. The van der Waals surface area contributed by atoms with E-state index in [1.54, 1.807) is 13.8 Å². The zero-order chi connectivity index (χ0) is 12.3. The summed E-state index contributed by atoms with van der Waals surface area (Å²) >= 11 is 0. The molecule has 2 heterocycles. The number of aliphatic carboxylic acids is 1. The molecule has 0 amide bonds. The van der Waals surface area contributed by atoms with Gasteiger partial charge in [-0.3, -0.25) is 4.79 Å². The Morgan fingerprint density at radius 1 is 1.25 bits per heavy atom. The fourth-order valence-electron chi connectivity index (χ4n) is 2.38. The zero-order valence-corrected chi connectivity index (χ0v) is 10.4. The molecule has 0 aliphatic carbocycles. The maximum absolute atomic E-state index is 9.70. The molecule has 0 spiro atoms. The van der Waals surface area contributed by atoms with Gasteiger partial charge in [-0.05, 0) is 32.7 Å². The summed E-state index contributed by atoms with van der Waals surface area (Å²) in [6.45, 7) is 3.28. The Hall–Kier alpha value is -0.610. The van der Waals surface area contributed by atoms with Crippen LogP contribution < -0.4 is 0 Å². The van der Waals surface area contributed by atoms with E-state index in [1.165, 1.54) is 12.8 Å². The Balaban J connectivity index is 0.000000187. The van der Waals surface area contributed by atoms with Crippen LogP contribution in [0.3, 0.4) is 0 Å². The van der Waals surface area contributed by atoms with Gasteiger partial charge in [0.2, 0.25) is 0 Å². The first kappa shape index (κ1) is 13.5. The second-order valence-corrected chi connectivity index (χ2v) is 5.17. The average molecular weight is 229 g/mol. The van der Waals surface area contributed by atoms with Crippen molar-refractivity contribution in [3.05, 3.63) is 0 Å². The number of aliphatic hydroxyl groups is 1. The Labute approximate surface area is 97.3 Å². The first-order chi connectivity index (χ1) is 7.41. The van der Waals surface area contributed by atoms with E-state index in [1.807, 2.05) is 0 Å². The van der Waals surface area contributed by atoms with Crippen LogP contribution in [-0.4, -0.2) is 46.3 Å². The van der Waals surface area contributed by atoms with Gasteiger partial charge in [0.15, 0.2) is 0 Å². The van der Waals surface area contributed by atoms with Crippen LogP contribution in [0.25, 0.3) is 0 Å². The highest BCUT2D eigenvalue weighted by Crippen LogP contribution is 2.33. The number of rotatable bonds is 1. The molecular formula is C12H23NO3. The lowest BCUT2D eigenvalue weighted by atomic mass is 10.0. The van der Waals surface area contributed by atoms with Crippen molar-refractivity contribution in [2.45, 2.75) is 57.7 Å². The molecule has 0 aromatic rings. The fraction of sp³-hybridized carbons (Fsp3) is 0.917. The summed E-state index contributed by atoms with van der Waals surface area (Å²) in [5, 5.41) is 17.4. The molecule has 1 unspecified atom stereocenters. The second-order valence-electron chi connectivity index (χ2n) is 5.17. The smallest absolute Gasteiger partial charge is 0.305 e. The number of carboxylic acids is 1. The van der Waals surface area contributed by atoms with Crippen LogP contribution >= 0.6 is 0 Å². The van der Waals surface area contributed by atoms with E-state index in [0.29, 0.717) is 12.1 Å². The first-order valence-electron chi connectivity index (χ1n) is 6.04. The molecular weight excluding hydrogens is 206 g/mol. The maximum Gasteiger partial charge on any atom is 0.305 e. The predicted molar refractivity (Wildman–Crippen MR) is 62.3 cm³/mol. The van der Waals surface area contributed by atoms with Gasteiger partial charge in [-0.25, -0.2) is 0 Å². The molecule has 2 bridgehead atoms. The molecule has 2 saturated heterocycles. The van der Waals surface area contributed by atoms with E-state index in [2.05, 4.69) is 11.9 Å². The number of nitrogens with zero attached hydrogens (tertiary/aromatic N) is 1. The molecule has 2 N–H and O–H groups in total. The highest BCUT2D eigenvalue weighted by molar-refractivity contribution is 5.68. The Morgan fingerprint density at radius 3 is 1.94 bits per heavy atom. The molecule has 16 heavy (non-hydrogen) atoms. The van der Waals surface area contributed by atoms with Crippen molar-refractivity contribution in [3.8, 4) is 0 Å². The summed E-state index contributed by atoms with van der Waals surface area (Å²) in [7, 11) is 2.19. The minimum Gasteiger partial charge on any atom is -0.481 e. The van der Waals surface area contributed by atoms with Crippen LogP contribution in [0.2, 0.25) is 0 Å². The SMILES string of the molecule is CC(C)C(=O)O.CN1[C@@H]2CC[C@H]1CC(O)C2. The van der Waals surface area contributed by atoms with Crippen molar-refractivity contribution in [2.75, 3.05) is 7.05 Å². The van der Waals surface area contributed by atoms with E-state index < -0.39 is 5.97 Å². The summed E-state index contributed by atoms with van der Waals surface area (Å²) in [5.74, 6) is -0.972. The molecule has 0 aromatic carbocycles. The van der Waals surface area contributed by atoms with Crippen molar-refractivity contribution < 1.29 is 15.0 Å². The highest BCUT2D eigenvalue weighted by atomic mass is 16.4. The van der Waals surface area contributed by atoms with Crippen molar-refractivity contribution in [1.82, 2.24) is 4.90 Å². The maximum atomic E-state index is 9.70. The molecule has 3 atom stereocenters. The van der Waals surface area contributed by atoms with Crippen molar-refractivity contribution in [2.24, 2.45) is 5.92 Å². The molecule has 94 valence electrons. The minimum absolute atomic E-state index is 0.00583. The molecule has 4 nitrogen and oxygen atoms in total. The molecule has 4 heteroatoms. The summed E-state index contributed by atoms with van der Waals surface area (Å²) in [5.41, 5.74) is 0. The summed E-state index contributed by atoms with van der Waals surface area (Å²) < 4.78 is 0. The number of piperidine rings is 1. The van der Waals surface area contributed by atoms with Gasteiger partial charge >= 0.3 is 5.97 Å². The van der Waals surface area contributed by atoms with Gasteiger partial charge in [0.05, 0.1) is 12.0 Å². The third-order valence-electron chi connectivity index (χ3n) is 3.57. The van der Waals surface area contributed by atoms with E-state index in [-0.39, 0.29) is 12.0 Å². The van der Waals surface area contributed by atoms with E-state index in [9.17, 15) is 9.90 Å². The second kappa shape index (κ2) is 5.64. The standard InChI is InChI=1S/C8H15NO.C4H8O2/c1-9-6-2-3-7(9)5-8(10)4-6;1-3(2)4(5)6/h6-8,10H,2-5H2,1H3;3H,1-2H3,(H,5,6)/t6-,7+,8?;. The van der Waals surface area contributed by atoms with Crippen LogP contribution in [0.5, 0.6) is 0 Å². The molecule has 2 fully saturated rings. The van der Waals surface area contributed by atoms with Gasteiger partial charge < -0.3 is 15.1 Å². The van der Waals surface area contributed by atoms with Crippen LogP contribution in [0.15, 0.2) is 0 Å². The number of hydrogen-bond donors (Lipinski definition) is 2. The number of aliphatic hydroxyl groups excluding tert-OH is 1. The zero-order valence-electron chi connectivity index (χ0n) is 10.4. The molecule has 2 aliphatic heterocycles. The van der Waals surface area contributed by atoms with Crippen LogP contribution in [-0.2, 0) is 4.79 Å². The summed E-state index contributed by atoms with van der Waals surface area (Å²) in [4.78, 5) is 12.1. The number of carbonyl (C=O) groups is 1. The van der Waals surface area contributed by atoms with Crippen molar-refractivity contribution >= 4 is 5.97 Å². The van der Waals surface area contributed by atoms with Gasteiger partial charge in [-0.2, -0.15) is 0 Å². The molecule has 0 aromatic heterocycles. The normalized spacial score (nSPS) is 33.4. The van der Waals surface area contributed by atoms with Gasteiger partial charge in [0, 0.05) is 12.1 Å².